The second-order valence-electron chi connectivity index (χ2n) is 9.69. The predicted molar refractivity (Wildman–Crippen MR) is 157 cm³/mol. The zero-order valence-electron chi connectivity index (χ0n) is 21.6. The van der Waals surface area contributed by atoms with E-state index in [2.05, 4.69) is 96.6 Å². The van der Waals surface area contributed by atoms with Crippen LogP contribution in [0.15, 0.2) is 109 Å². The van der Waals surface area contributed by atoms with Gasteiger partial charge in [0.05, 0.1) is 16.6 Å². The summed E-state index contributed by atoms with van der Waals surface area (Å²) >= 11 is 0. The molecule has 7 aromatic rings. The van der Waals surface area contributed by atoms with Crippen molar-refractivity contribution < 1.29 is 20.1 Å². The third kappa shape index (κ3) is 4.23. The smallest absolute Gasteiger partial charge is 0.0967 e. The summed E-state index contributed by atoms with van der Waals surface area (Å²) in [4.78, 5) is 13.8. The quantitative estimate of drug-likeness (QED) is 0.129. The molecule has 3 nitrogen and oxygen atoms in total. The maximum absolute atomic E-state index is 4.86. The topological polar surface area (TPSA) is 38.7 Å². The summed E-state index contributed by atoms with van der Waals surface area (Å²) in [6.07, 6.45) is 3.70. The minimum atomic E-state index is 0. The molecule has 3 heterocycles. The van der Waals surface area contributed by atoms with Gasteiger partial charge in [-0.05, 0) is 71.1 Å². The molecular weight excluding hydrogens is 655 g/mol. The number of pyridine rings is 3. The van der Waals surface area contributed by atoms with Crippen LogP contribution in [0.4, 0.5) is 0 Å². The Morgan fingerprint density at radius 2 is 1.21 bits per heavy atom. The van der Waals surface area contributed by atoms with Crippen molar-refractivity contribution in [2.45, 2.75) is 13.8 Å². The van der Waals surface area contributed by atoms with Gasteiger partial charge in [-0.3, -0.25) is 15.0 Å². The van der Waals surface area contributed by atoms with Crippen molar-refractivity contribution in [3.05, 3.63) is 127 Å². The Morgan fingerprint density at radius 1 is 0.590 bits per heavy atom. The van der Waals surface area contributed by atoms with Crippen LogP contribution in [-0.4, -0.2) is 15.0 Å². The van der Waals surface area contributed by atoms with Gasteiger partial charge in [-0.2, -0.15) is 0 Å². The first-order valence-electron chi connectivity index (χ1n) is 12.8. The second-order valence-corrected chi connectivity index (χ2v) is 9.69. The van der Waals surface area contributed by atoms with Crippen molar-refractivity contribution >= 4 is 32.7 Å². The molecule has 0 unspecified atom stereocenters. The Bertz CT molecular complexity index is 1940. The van der Waals surface area contributed by atoms with E-state index >= 15 is 0 Å². The fourth-order valence-electron chi connectivity index (χ4n) is 5.47. The van der Waals surface area contributed by atoms with Crippen molar-refractivity contribution in [3.63, 3.8) is 0 Å². The van der Waals surface area contributed by atoms with Gasteiger partial charge in [0.25, 0.3) is 0 Å². The van der Waals surface area contributed by atoms with Crippen molar-refractivity contribution in [2.24, 2.45) is 0 Å². The van der Waals surface area contributed by atoms with E-state index in [0.29, 0.717) is 0 Å². The van der Waals surface area contributed by atoms with E-state index in [1.54, 1.807) is 0 Å². The molecule has 0 amide bonds. The third-order valence-electron chi connectivity index (χ3n) is 7.38. The Labute approximate surface area is 241 Å². The van der Waals surface area contributed by atoms with E-state index in [-0.39, 0.29) is 20.1 Å². The van der Waals surface area contributed by atoms with Crippen molar-refractivity contribution in [2.75, 3.05) is 0 Å². The number of nitrogens with zero attached hydrogens (tertiary/aromatic N) is 3. The zero-order chi connectivity index (χ0) is 25.6. The van der Waals surface area contributed by atoms with Crippen LogP contribution in [0.25, 0.3) is 66.2 Å². The molecule has 1 radical (unpaired) electrons. The van der Waals surface area contributed by atoms with E-state index in [0.717, 1.165) is 27.8 Å². The van der Waals surface area contributed by atoms with Crippen molar-refractivity contribution in [1.29, 1.82) is 0 Å². The van der Waals surface area contributed by atoms with Gasteiger partial charge < -0.3 is 0 Å². The van der Waals surface area contributed by atoms with Crippen LogP contribution in [0, 0.1) is 19.9 Å². The summed E-state index contributed by atoms with van der Waals surface area (Å²) < 4.78 is 0. The van der Waals surface area contributed by atoms with Gasteiger partial charge in [0.15, 0.2) is 0 Å². The minimum absolute atomic E-state index is 0. The molecule has 0 bridgehead atoms. The summed E-state index contributed by atoms with van der Waals surface area (Å²) in [7, 11) is 0. The van der Waals surface area contributed by atoms with Crippen LogP contribution in [-0.2, 0) is 20.1 Å². The van der Waals surface area contributed by atoms with Crippen LogP contribution in [0.2, 0.25) is 0 Å². The maximum Gasteiger partial charge on any atom is 0.0967 e. The number of benzene rings is 4. The van der Waals surface area contributed by atoms with Crippen LogP contribution in [0.5, 0.6) is 0 Å². The number of aromatic nitrogens is 3. The number of hydrogen-bond acceptors (Lipinski definition) is 3. The Hall–Kier alpha value is -4.24. The van der Waals surface area contributed by atoms with Gasteiger partial charge in [0, 0.05) is 48.7 Å². The SMILES string of the molecule is Cc1ccnc2c1ccc1c(C)ccnc12.[Ir].[c-]1ccccc1-c1cc2c3c(cccc3n1)-c1ccccc1-2. The zero-order valence-corrected chi connectivity index (χ0v) is 24.0. The number of hydrogen-bond donors (Lipinski definition) is 0. The summed E-state index contributed by atoms with van der Waals surface area (Å²) in [5, 5.41) is 3.64. The van der Waals surface area contributed by atoms with Gasteiger partial charge in [0.1, 0.15) is 0 Å². The standard InChI is InChI=1S/C21H12N.C14H12N2.Ir/c1-2-7-14(8-3-1)20-13-18-16-10-5-4-9-15(16)17-11-6-12-19(22-20)21(17)18;1-9-5-7-15-13-11(9)3-4-12-10(2)6-8-16-14(12)13;/h1-7,9-13H;3-8H,1-2H3;/q-1;;. The molecule has 0 saturated carbocycles. The monoisotopic (exact) mass is 679 g/mol. The molecule has 0 fully saturated rings. The molecule has 4 aromatic carbocycles. The number of aryl methyl sites for hydroxylation is 2. The Morgan fingerprint density at radius 3 is 1.85 bits per heavy atom. The Kier molecular flexibility index (Phi) is 6.52. The number of fused-ring (bicyclic) bond motifs is 6. The number of rotatable bonds is 1. The molecule has 1 aliphatic rings. The molecular formula is C35H24IrN3-. The summed E-state index contributed by atoms with van der Waals surface area (Å²) in [5.74, 6) is 0. The Balaban J connectivity index is 0.000000145. The molecule has 0 atom stereocenters. The minimum Gasteiger partial charge on any atom is -0.296 e. The largest absolute Gasteiger partial charge is 0.296 e. The van der Waals surface area contributed by atoms with E-state index in [1.807, 2.05) is 42.7 Å². The molecule has 8 rings (SSSR count). The van der Waals surface area contributed by atoms with Crippen molar-refractivity contribution in [1.82, 2.24) is 15.0 Å². The first kappa shape index (κ1) is 25.1. The van der Waals surface area contributed by atoms with E-state index in [1.165, 1.54) is 49.5 Å². The van der Waals surface area contributed by atoms with Crippen molar-refractivity contribution in [3.8, 4) is 33.5 Å². The fraction of sp³-hybridized carbons (Fsp3) is 0.0571. The molecule has 4 heteroatoms. The summed E-state index contributed by atoms with van der Waals surface area (Å²) in [6.45, 7) is 4.21. The van der Waals surface area contributed by atoms with Gasteiger partial charge in [-0.15, -0.1) is 35.9 Å². The van der Waals surface area contributed by atoms with Gasteiger partial charge >= 0.3 is 0 Å². The van der Waals surface area contributed by atoms with Crippen LogP contribution in [0.3, 0.4) is 0 Å². The summed E-state index contributed by atoms with van der Waals surface area (Å²) in [5.41, 5.74) is 12.7. The van der Waals surface area contributed by atoms with Crippen LogP contribution in [0.1, 0.15) is 11.1 Å². The van der Waals surface area contributed by atoms with E-state index < -0.39 is 0 Å². The summed E-state index contributed by atoms with van der Waals surface area (Å²) in [6, 6.07) is 36.8. The average Bonchev–Trinajstić information content (AvgIpc) is 3.29. The normalized spacial score (nSPS) is 11.1. The third-order valence-corrected chi connectivity index (χ3v) is 7.38. The first-order chi connectivity index (χ1) is 18.7. The molecule has 189 valence electrons. The van der Waals surface area contributed by atoms with Gasteiger partial charge in [-0.25, -0.2) is 0 Å². The van der Waals surface area contributed by atoms with Crippen LogP contribution >= 0.6 is 0 Å². The molecule has 39 heavy (non-hydrogen) atoms. The van der Waals surface area contributed by atoms with E-state index in [9.17, 15) is 0 Å². The van der Waals surface area contributed by atoms with Crippen LogP contribution < -0.4 is 0 Å². The molecule has 0 spiro atoms. The molecule has 0 N–H and O–H groups in total. The first-order valence-corrected chi connectivity index (χ1v) is 12.8. The molecule has 3 aromatic heterocycles. The predicted octanol–water partition coefficient (Wildman–Crippen LogP) is 8.75. The average molecular weight is 679 g/mol. The maximum atomic E-state index is 4.86. The second kappa shape index (κ2) is 10.1. The molecule has 0 saturated heterocycles. The van der Waals surface area contributed by atoms with E-state index in [4.69, 9.17) is 4.98 Å². The molecule has 1 aliphatic carbocycles. The van der Waals surface area contributed by atoms with Gasteiger partial charge in [-0.1, -0.05) is 54.6 Å². The fourth-order valence-corrected chi connectivity index (χ4v) is 5.47. The molecule has 0 aliphatic heterocycles. The van der Waals surface area contributed by atoms with Gasteiger partial charge in [0.2, 0.25) is 0 Å².